The monoisotopic (exact) mass is 384 g/mol. The molecule has 1 saturated heterocycles. The summed E-state index contributed by atoms with van der Waals surface area (Å²) >= 11 is 6.53. The Balaban J connectivity index is 1.55. The summed E-state index contributed by atoms with van der Waals surface area (Å²) in [7, 11) is 0. The van der Waals surface area contributed by atoms with Gasteiger partial charge in [0.15, 0.2) is 6.61 Å². The van der Waals surface area contributed by atoms with Crippen molar-refractivity contribution in [2.24, 2.45) is 0 Å². The number of amides is 1. The van der Waals surface area contributed by atoms with Gasteiger partial charge in [-0.1, -0.05) is 36.1 Å². The average molecular weight is 384 g/mol. The molecule has 0 saturated carbocycles. The Morgan fingerprint density at radius 1 is 1.24 bits per heavy atom. The number of likely N-dealkylation sites (tertiary alicyclic amines) is 1. The number of halogens is 1. The van der Waals surface area contributed by atoms with Gasteiger partial charge in [-0.15, -0.1) is 0 Å². The molecule has 136 valence electrons. The van der Waals surface area contributed by atoms with E-state index in [1.54, 1.807) is 12.1 Å². The molecule has 1 heterocycles. The van der Waals surface area contributed by atoms with Gasteiger partial charge in [0.05, 0.1) is 5.75 Å². The van der Waals surface area contributed by atoms with Crippen molar-refractivity contribution in [2.75, 3.05) is 32.0 Å². The Kier molecular flexibility index (Phi) is 8.14. The van der Waals surface area contributed by atoms with Crippen molar-refractivity contribution in [3.63, 3.8) is 0 Å². The minimum Gasteiger partial charge on any atom is -0.455 e. The van der Waals surface area contributed by atoms with Crippen LogP contribution < -0.4 is 5.32 Å². The van der Waals surface area contributed by atoms with Gasteiger partial charge in [-0.25, -0.2) is 4.39 Å². The first-order valence-electron chi connectivity index (χ1n) is 8.13. The molecule has 1 aromatic rings. The molecule has 1 N–H and O–H groups in total. The van der Waals surface area contributed by atoms with E-state index in [2.05, 4.69) is 10.2 Å². The van der Waals surface area contributed by atoms with Crippen LogP contribution in [0.5, 0.6) is 0 Å². The fraction of sp³-hybridized carbons (Fsp3) is 0.471. The molecule has 0 unspecified atom stereocenters. The second-order valence-electron chi connectivity index (χ2n) is 5.64. The summed E-state index contributed by atoms with van der Waals surface area (Å²) in [4.78, 5) is 25.4. The summed E-state index contributed by atoms with van der Waals surface area (Å²) in [5, 5.41) is 2.66. The summed E-state index contributed by atoms with van der Waals surface area (Å²) in [6.07, 6.45) is 2.84. The van der Waals surface area contributed by atoms with Gasteiger partial charge in [0.2, 0.25) is 0 Å². The van der Waals surface area contributed by atoms with E-state index in [1.165, 1.54) is 23.9 Å². The smallest absolute Gasteiger partial charge is 0.316 e. The van der Waals surface area contributed by atoms with Crippen molar-refractivity contribution in [3.05, 3.63) is 35.6 Å². The highest BCUT2D eigenvalue weighted by Crippen LogP contribution is 2.16. The molecule has 2 rings (SSSR count). The molecule has 0 aliphatic carbocycles. The van der Waals surface area contributed by atoms with Crippen LogP contribution in [0.25, 0.3) is 0 Å². The summed E-state index contributed by atoms with van der Waals surface area (Å²) in [6.45, 7) is 1.98. The van der Waals surface area contributed by atoms with Crippen molar-refractivity contribution in [2.45, 2.75) is 19.3 Å². The molecule has 1 fully saturated rings. The first-order chi connectivity index (χ1) is 12.0. The Labute approximate surface area is 156 Å². The highest BCUT2D eigenvalue weighted by Gasteiger charge is 2.16. The quantitative estimate of drug-likeness (QED) is 0.574. The summed E-state index contributed by atoms with van der Waals surface area (Å²) < 4.78 is 18.4. The second-order valence-corrected chi connectivity index (χ2v) is 7.25. The number of rotatable bonds is 7. The minimum atomic E-state index is -0.458. The van der Waals surface area contributed by atoms with Gasteiger partial charge in [-0.3, -0.25) is 9.59 Å². The molecule has 25 heavy (non-hydrogen) atoms. The Hall–Kier alpha value is -1.67. The number of hydrogen-bond acceptors (Lipinski definition) is 5. The van der Waals surface area contributed by atoms with E-state index >= 15 is 0 Å². The van der Waals surface area contributed by atoms with Crippen molar-refractivity contribution >= 4 is 40.2 Å². The van der Waals surface area contributed by atoms with Crippen molar-refractivity contribution in [1.82, 2.24) is 10.2 Å². The van der Waals surface area contributed by atoms with Gasteiger partial charge >= 0.3 is 5.97 Å². The van der Waals surface area contributed by atoms with Gasteiger partial charge in [0.25, 0.3) is 5.91 Å². The van der Waals surface area contributed by atoms with Crippen LogP contribution in [0.15, 0.2) is 24.3 Å². The second kappa shape index (κ2) is 10.4. The molecule has 1 amide bonds. The van der Waals surface area contributed by atoms with Gasteiger partial charge in [0.1, 0.15) is 10.1 Å². The summed E-state index contributed by atoms with van der Waals surface area (Å²) in [6, 6.07) is 6.09. The number of benzene rings is 1. The van der Waals surface area contributed by atoms with Gasteiger partial charge in [-0.2, -0.15) is 0 Å². The lowest BCUT2D eigenvalue weighted by atomic mass is 10.1. The molecule has 0 spiro atoms. The van der Waals surface area contributed by atoms with Crippen LogP contribution in [-0.2, 0) is 20.7 Å². The number of nitrogens with one attached hydrogen (secondary N) is 1. The van der Waals surface area contributed by atoms with E-state index in [0.29, 0.717) is 17.3 Å². The fourth-order valence-corrected chi connectivity index (χ4v) is 3.40. The first-order valence-corrected chi connectivity index (χ1v) is 9.52. The van der Waals surface area contributed by atoms with Crippen molar-refractivity contribution < 1.29 is 18.7 Å². The number of carbonyl (C=O) groups is 2. The van der Waals surface area contributed by atoms with Crippen LogP contribution in [0.2, 0.25) is 0 Å². The standard InChI is InChI=1S/C17H21FN2O3S2/c18-14-5-3-13(4-6-14)7-8-19-15(21)11-23-16(22)12-25-17(24)20-9-1-2-10-20/h3-6H,1-2,7-12H2,(H,19,21). The zero-order chi connectivity index (χ0) is 18.1. The van der Waals surface area contributed by atoms with Crippen LogP contribution in [-0.4, -0.2) is 53.1 Å². The molecule has 1 aliphatic rings. The average Bonchev–Trinajstić information content (AvgIpc) is 3.14. The minimum absolute atomic E-state index is 0.109. The van der Waals surface area contributed by atoms with Crippen LogP contribution in [0.3, 0.4) is 0 Å². The SMILES string of the molecule is O=C(COC(=O)CSC(=S)N1CCCC1)NCCc1ccc(F)cc1. The Bertz CT molecular complexity index is 604. The zero-order valence-corrected chi connectivity index (χ0v) is 15.5. The Morgan fingerprint density at radius 2 is 1.92 bits per heavy atom. The van der Waals surface area contributed by atoms with E-state index in [4.69, 9.17) is 17.0 Å². The largest absolute Gasteiger partial charge is 0.455 e. The van der Waals surface area contributed by atoms with Gasteiger partial charge in [0, 0.05) is 19.6 Å². The lowest BCUT2D eigenvalue weighted by Gasteiger charge is -2.17. The van der Waals surface area contributed by atoms with E-state index in [0.717, 1.165) is 31.5 Å². The zero-order valence-electron chi connectivity index (χ0n) is 13.8. The van der Waals surface area contributed by atoms with E-state index < -0.39 is 5.97 Å². The number of carbonyl (C=O) groups excluding carboxylic acids is 2. The number of thiocarbonyl (C=S) groups is 1. The van der Waals surface area contributed by atoms with E-state index in [-0.39, 0.29) is 24.1 Å². The van der Waals surface area contributed by atoms with Gasteiger partial charge in [-0.05, 0) is 37.0 Å². The van der Waals surface area contributed by atoms with Crippen molar-refractivity contribution in [3.8, 4) is 0 Å². The molecule has 1 aromatic carbocycles. The number of nitrogens with zero attached hydrogens (tertiary/aromatic N) is 1. The molecule has 1 aliphatic heterocycles. The maximum Gasteiger partial charge on any atom is 0.316 e. The first kappa shape index (κ1) is 19.7. The molecular formula is C17H21FN2O3S2. The van der Waals surface area contributed by atoms with E-state index in [1.807, 2.05) is 0 Å². The fourth-order valence-electron chi connectivity index (χ4n) is 2.35. The third kappa shape index (κ3) is 7.39. The highest BCUT2D eigenvalue weighted by molar-refractivity contribution is 8.23. The predicted molar refractivity (Wildman–Crippen MR) is 99.9 cm³/mol. The van der Waals surface area contributed by atoms with Crippen molar-refractivity contribution in [1.29, 1.82) is 0 Å². The Morgan fingerprint density at radius 3 is 2.60 bits per heavy atom. The lowest BCUT2D eigenvalue weighted by Crippen LogP contribution is -2.31. The number of thioether (sulfide) groups is 1. The van der Waals surface area contributed by atoms with Crippen LogP contribution in [0.1, 0.15) is 18.4 Å². The summed E-state index contributed by atoms with van der Waals surface area (Å²) in [5.74, 6) is -0.998. The number of ether oxygens (including phenoxy) is 1. The molecule has 8 heteroatoms. The lowest BCUT2D eigenvalue weighted by molar-refractivity contribution is -0.145. The molecule has 5 nitrogen and oxygen atoms in total. The maximum atomic E-state index is 12.8. The summed E-state index contributed by atoms with van der Waals surface area (Å²) in [5.41, 5.74) is 0.922. The third-order valence-electron chi connectivity index (χ3n) is 3.69. The van der Waals surface area contributed by atoms with Crippen LogP contribution in [0.4, 0.5) is 4.39 Å². The number of hydrogen-bond donors (Lipinski definition) is 1. The molecule has 0 bridgehead atoms. The predicted octanol–water partition coefficient (Wildman–Crippen LogP) is 2.14. The molecule has 0 radical (unpaired) electrons. The number of esters is 1. The third-order valence-corrected chi connectivity index (χ3v) is 5.19. The molecular weight excluding hydrogens is 363 g/mol. The van der Waals surface area contributed by atoms with Crippen LogP contribution >= 0.6 is 24.0 Å². The molecule has 0 aromatic heterocycles. The topological polar surface area (TPSA) is 58.6 Å². The normalized spacial score (nSPS) is 13.6. The van der Waals surface area contributed by atoms with Gasteiger partial charge < -0.3 is 15.0 Å². The maximum absolute atomic E-state index is 12.8. The highest BCUT2D eigenvalue weighted by atomic mass is 32.2. The molecule has 0 atom stereocenters. The van der Waals surface area contributed by atoms with Crippen LogP contribution in [0, 0.1) is 5.82 Å². The van der Waals surface area contributed by atoms with E-state index in [9.17, 15) is 14.0 Å².